The highest BCUT2D eigenvalue weighted by Gasteiger charge is 2.39. The van der Waals surface area contributed by atoms with E-state index in [0.29, 0.717) is 12.0 Å². The van der Waals surface area contributed by atoms with E-state index in [2.05, 4.69) is 0 Å². The van der Waals surface area contributed by atoms with Gasteiger partial charge in [0.25, 0.3) is 0 Å². The monoisotopic (exact) mass is 227 g/mol. The Hall–Kier alpha value is -0.600. The van der Waals surface area contributed by atoms with Gasteiger partial charge >= 0.3 is 0 Å². The van der Waals surface area contributed by atoms with Crippen molar-refractivity contribution in [2.24, 2.45) is 5.73 Å². The maximum Gasteiger partial charge on any atom is 0.145 e. The molecule has 0 atom stereocenters. The van der Waals surface area contributed by atoms with Gasteiger partial charge in [-0.25, -0.2) is 4.39 Å². The van der Waals surface area contributed by atoms with Gasteiger partial charge in [-0.2, -0.15) is 0 Å². The van der Waals surface area contributed by atoms with E-state index in [1.54, 1.807) is 6.07 Å². The van der Waals surface area contributed by atoms with E-state index >= 15 is 0 Å². The van der Waals surface area contributed by atoms with Crippen molar-refractivity contribution in [3.63, 3.8) is 0 Å². The molecule has 1 nitrogen and oxygen atoms in total. The summed E-state index contributed by atoms with van der Waals surface area (Å²) in [6.45, 7) is 3.87. The maximum atomic E-state index is 13.8. The minimum atomic E-state index is -0.295. The molecule has 0 saturated heterocycles. The zero-order valence-corrected chi connectivity index (χ0v) is 9.79. The smallest absolute Gasteiger partial charge is 0.145 e. The van der Waals surface area contributed by atoms with E-state index in [1.807, 2.05) is 13.8 Å². The van der Waals surface area contributed by atoms with E-state index in [4.69, 9.17) is 17.3 Å². The highest BCUT2D eigenvalue weighted by atomic mass is 35.5. The second-order valence-electron chi connectivity index (χ2n) is 4.63. The molecule has 0 heterocycles. The van der Waals surface area contributed by atoms with E-state index < -0.39 is 0 Å². The van der Waals surface area contributed by atoms with Crippen LogP contribution in [0.3, 0.4) is 0 Å². The lowest BCUT2D eigenvalue weighted by atomic mass is 9.96. The Kier molecular flexibility index (Phi) is 2.52. The van der Waals surface area contributed by atoms with Crippen molar-refractivity contribution in [3.8, 4) is 0 Å². The van der Waals surface area contributed by atoms with Crippen LogP contribution >= 0.6 is 11.6 Å². The van der Waals surface area contributed by atoms with Crippen molar-refractivity contribution in [2.75, 3.05) is 0 Å². The molecular formula is C12H15ClFN. The van der Waals surface area contributed by atoms with Gasteiger partial charge < -0.3 is 5.73 Å². The molecule has 1 fully saturated rings. The van der Waals surface area contributed by atoms with Gasteiger partial charge in [-0.05, 0) is 55.9 Å². The van der Waals surface area contributed by atoms with E-state index in [0.717, 1.165) is 24.0 Å². The van der Waals surface area contributed by atoms with Gasteiger partial charge in [0.15, 0.2) is 0 Å². The third-order valence-electron chi connectivity index (χ3n) is 3.28. The summed E-state index contributed by atoms with van der Waals surface area (Å²) in [5.74, 6) is -0.295. The minimum absolute atomic E-state index is 0.178. The highest BCUT2D eigenvalue weighted by Crippen LogP contribution is 2.38. The largest absolute Gasteiger partial charge is 0.325 e. The molecule has 0 aliphatic heterocycles. The van der Waals surface area contributed by atoms with Crippen LogP contribution in [0, 0.1) is 19.7 Å². The topological polar surface area (TPSA) is 26.0 Å². The summed E-state index contributed by atoms with van der Waals surface area (Å²) in [4.78, 5) is 0. The van der Waals surface area contributed by atoms with Gasteiger partial charge in [-0.1, -0.05) is 11.6 Å². The molecule has 3 heteroatoms. The zero-order valence-electron chi connectivity index (χ0n) is 9.03. The first kappa shape index (κ1) is 10.9. The first-order valence-electron chi connectivity index (χ1n) is 5.16. The van der Waals surface area contributed by atoms with Gasteiger partial charge in [0.1, 0.15) is 5.82 Å². The van der Waals surface area contributed by atoms with Crippen LogP contribution < -0.4 is 5.73 Å². The third kappa shape index (κ3) is 2.01. The number of nitrogens with two attached hydrogens (primary N) is 1. The predicted molar refractivity (Wildman–Crippen MR) is 60.7 cm³/mol. The number of aryl methyl sites for hydroxylation is 1. The predicted octanol–water partition coefficient (Wildman–Crippen LogP) is 3.13. The molecular weight excluding hydrogens is 213 g/mol. The Labute approximate surface area is 94.4 Å². The minimum Gasteiger partial charge on any atom is -0.325 e. The van der Waals surface area contributed by atoms with Crippen molar-refractivity contribution in [3.05, 3.63) is 33.6 Å². The molecule has 2 rings (SSSR count). The van der Waals surface area contributed by atoms with Crippen molar-refractivity contribution in [2.45, 2.75) is 38.6 Å². The maximum absolute atomic E-state index is 13.8. The van der Waals surface area contributed by atoms with Crippen molar-refractivity contribution in [1.82, 2.24) is 0 Å². The van der Waals surface area contributed by atoms with Crippen molar-refractivity contribution < 1.29 is 4.39 Å². The SMILES string of the molecule is Cc1cc(Cl)c(F)c(CC2(N)CC2)c1C. The Bertz CT molecular complexity index is 384. The van der Waals surface area contributed by atoms with Crippen LogP contribution in [0.5, 0.6) is 0 Å². The number of hydrogen-bond acceptors (Lipinski definition) is 1. The molecule has 0 bridgehead atoms. The fourth-order valence-corrected chi connectivity index (χ4v) is 2.09. The second-order valence-corrected chi connectivity index (χ2v) is 5.04. The van der Waals surface area contributed by atoms with Gasteiger partial charge in [0, 0.05) is 5.54 Å². The van der Waals surface area contributed by atoms with Gasteiger partial charge in [-0.15, -0.1) is 0 Å². The molecule has 15 heavy (non-hydrogen) atoms. The summed E-state index contributed by atoms with van der Waals surface area (Å²) in [7, 11) is 0. The van der Waals surface area contributed by atoms with Crippen LogP contribution in [0.4, 0.5) is 4.39 Å². The lowest BCUT2D eigenvalue weighted by Crippen LogP contribution is -2.25. The molecule has 0 unspecified atom stereocenters. The Morgan fingerprint density at radius 1 is 1.47 bits per heavy atom. The third-order valence-corrected chi connectivity index (χ3v) is 3.56. The van der Waals surface area contributed by atoms with Crippen LogP contribution in [0.25, 0.3) is 0 Å². The van der Waals surface area contributed by atoms with Gasteiger partial charge in [-0.3, -0.25) is 0 Å². The standard InChI is InChI=1S/C12H15ClFN/c1-7-5-10(13)11(14)9(8(7)2)6-12(15)3-4-12/h5H,3-4,6,15H2,1-2H3. The summed E-state index contributed by atoms with van der Waals surface area (Å²) in [6.07, 6.45) is 2.57. The Balaban J connectivity index is 2.44. The Morgan fingerprint density at radius 2 is 2.07 bits per heavy atom. The lowest BCUT2D eigenvalue weighted by molar-refractivity contribution is 0.579. The fraction of sp³-hybridized carbons (Fsp3) is 0.500. The summed E-state index contributed by atoms with van der Waals surface area (Å²) >= 11 is 5.82. The Morgan fingerprint density at radius 3 is 2.60 bits per heavy atom. The molecule has 0 spiro atoms. The van der Waals surface area contributed by atoms with Crippen LogP contribution in [-0.4, -0.2) is 5.54 Å². The van der Waals surface area contributed by atoms with Crippen LogP contribution in [0.15, 0.2) is 6.07 Å². The molecule has 2 N–H and O–H groups in total. The summed E-state index contributed by atoms with van der Waals surface area (Å²) < 4.78 is 13.8. The molecule has 0 aromatic heterocycles. The van der Waals surface area contributed by atoms with Crippen LogP contribution in [-0.2, 0) is 6.42 Å². The zero-order chi connectivity index (χ0) is 11.2. The lowest BCUT2D eigenvalue weighted by Gasteiger charge is -2.15. The molecule has 1 aromatic carbocycles. The number of rotatable bonds is 2. The van der Waals surface area contributed by atoms with E-state index in [9.17, 15) is 4.39 Å². The molecule has 0 radical (unpaired) electrons. The second kappa shape index (κ2) is 3.46. The van der Waals surface area contributed by atoms with Crippen molar-refractivity contribution in [1.29, 1.82) is 0 Å². The summed E-state index contributed by atoms with van der Waals surface area (Å²) in [6, 6.07) is 1.67. The summed E-state index contributed by atoms with van der Waals surface area (Å²) in [5.41, 5.74) is 8.53. The molecule has 1 saturated carbocycles. The average Bonchev–Trinajstić information content (AvgIpc) is 2.89. The van der Waals surface area contributed by atoms with Gasteiger partial charge in [0.05, 0.1) is 5.02 Å². The molecule has 1 aliphatic carbocycles. The normalized spacial score (nSPS) is 17.9. The van der Waals surface area contributed by atoms with E-state index in [-0.39, 0.29) is 16.4 Å². The summed E-state index contributed by atoms with van der Waals surface area (Å²) in [5, 5.41) is 0.206. The first-order chi connectivity index (χ1) is 6.93. The van der Waals surface area contributed by atoms with E-state index in [1.165, 1.54) is 0 Å². The van der Waals surface area contributed by atoms with Crippen molar-refractivity contribution >= 4 is 11.6 Å². The number of benzene rings is 1. The quantitative estimate of drug-likeness (QED) is 0.826. The molecule has 1 aromatic rings. The molecule has 0 amide bonds. The van der Waals surface area contributed by atoms with Crippen LogP contribution in [0.1, 0.15) is 29.5 Å². The highest BCUT2D eigenvalue weighted by molar-refractivity contribution is 6.30. The molecule has 1 aliphatic rings. The first-order valence-corrected chi connectivity index (χ1v) is 5.54. The molecule has 82 valence electrons. The number of hydrogen-bond donors (Lipinski definition) is 1. The fourth-order valence-electron chi connectivity index (χ4n) is 1.81. The van der Waals surface area contributed by atoms with Gasteiger partial charge in [0.2, 0.25) is 0 Å². The number of halogens is 2. The average molecular weight is 228 g/mol. The van der Waals surface area contributed by atoms with Crippen LogP contribution in [0.2, 0.25) is 5.02 Å².